The van der Waals surface area contributed by atoms with E-state index in [0.717, 1.165) is 50.7 Å². The molecule has 1 aromatic rings. The Morgan fingerprint density at radius 2 is 2.16 bits per heavy atom. The van der Waals surface area contributed by atoms with Crippen molar-refractivity contribution in [2.75, 3.05) is 30.8 Å². The number of nitrogens with one attached hydrogen (secondary N) is 1. The highest BCUT2D eigenvalue weighted by molar-refractivity contribution is 5.44. The number of nitrogens with zero attached hydrogens (tertiary/aromatic N) is 2. The molecule has 0 saturated carbocycles. The van der Waals surface area contributed by atoms with Crippen LogP contribution in [0.5, 0.6) is 0 Å². The molecular weight excluding hydrogens is 240 g/mol. The molecule has 0 radical (unpaired) electrons. The topological polar surface area (TPSA) is 73.1 Å². The molecule has 1 aromatic heterocycles. The zero-order valence-electron chi connectivity index (χ0n) is 12.3. The van der Waals surface area contributed by atoms with Crippen LogP contribution in [-0.2, 0) is 11.2 Å². The van der Waals surface area contributed by atoms with Crippen molar-refractivity contribution >= 4 is 11.6 Å². The zero-order chi connectivity index (χ0) is 14.1. The first kappa shape index (κ1) is 15.7. The predicted octanol–water partition coefficient (Wildman–Crippen LogP) is 2.49. The van der Waals surface area contributed by atoms with E-state index < -0.39 is 0 Å². The number of rotatable bonds is 9. The Kier molecular flexibility index (Phi) is 7.18. The monoisotopic (exact) mass is 266 g/mol. The summed E-state index contributed by atoms with van der Waals surface area (Å²) in [5, 5.41) is 3.26. The molecule has 5 nitrogen and oxygen atoms in total. The van der Waals surface area contributed by atoms with E-state index in [-0.39, 0.29) is 0 Å². The lowest BCUT2D eigenvalue weighted by Gasteiger charge is -2.09. The minimum absolute atomic E-state index is 0.525. The van der Waals surface area contributed by atoms with Gasteiger partial charge in [-0.2, -0.15) is 0 Å². The summed E-state index contributed by atoms with van der Waals surface area (Å²) >= 11 is 0. The van der Waals surface area contributed by atoms with Crippen LogP contribution in [0.2, 0.25) is 0 Å². The van der Waals surface area contributed by atoms with Crippen LogP contribution in [0, 0.1) is 5.92 Å². The molecule has 0 bridgehead atoms. The van der Waals surface area contributed by atoms with Gasteiger partial charge in [0.25, 0.3) is 0 Å². The van der Waals surface area contributed by atoms with Gasteiger partial charge in [-0.1, -0.05) is 20.8 Å². The number of ether oxygens (including phenoxy) is 1. The Morgan fingerprint density at radius 3 is 2.84 bits per heavy atom. The van der Waals surface area contributed by atoms with Crippen LogP contribution in [0.3, 0.4) is 0 Å². The Hall–Kier alpha value is -1.36. The molecule has 1 heterocycles. The normalized spacial score (nSPS) is 10.9. The quantitative estimate of drug-likeness (QED) is 0.672. The van der Waals surface area contributed by atoms with Gasteiger partial charge in [0, 0.05) is 32.2 Å². The highest BCUT2D eigenvalue weighted by Gasteiger charge is 2.01. The summed E-state index contributed by atoms with van der Waals surface area (Å²) in [6, 6.07) is 1.77. The van der Waals surface area contributed by atoms with Crippen LogP contribution < -0.4 is 11.1 Å². The summed E-state index contributed by atoms with van der Waals surface area (Å²) in [5.41, 5.74) is 5.76. The maximum Gasteiger partial charge on any atom is 0.133 e. The van der Waals surface area contributed by atoms with Crippen LogP contribution in [0.25, 0.3) is 0 Å². The second-order valence-electron chi connectivity index (χ2n) is 5.09. The first-order valence-corrected chi connectivity index (χ1v) is 7.06. The molecule has 19 heavy (non-hydrogen) atoms. The minimum atomic E-state index is 0.525. The van der Waals surface area contributed by atoms with E-state index in [1.807, 2.05) is 0 Å². The average Bonchev–Trinajstić information content (AvgIpc) is 2.33. The first-order valence-electron chi connectivity index (χ1n) is 7.06. The molecule has 0 unspecified atom stereocenters. The summed E-state index contributed by atoms with van der Waals surface area (Å²) in [6.07, 6.45) is 2.84. The maximum atomic E-state index is 5.76. The third kappa shape index (κ3) is 6.96. The Morgan fingerprint density at radius 1 is 1.37 bits per heavy atom. The molecular formula is C14H26N4O. The average molecular weight is 266 g/mol. The third-order valence-electron chi connectivity index (χ3n) is 2.49. The van der Waals surface area contributed by atoms with E-state index in [1.54, 1.807) is 6.07 Å². The van der Waals surface area contributed by atoms with E-state index in [4.69, 9.17) is 10.5 Å². The van der Waals surface area contributed by atoms with Crippen molar-refractivity contribution < 1.29 is 4.74 Å². The Labute approximate surface area is 116 Å². The molecule has 0 aliphatic carbocycles. The molecule has 108 valence electrons. The van der Waals surface area contributed by atoms with Gasteiger partial charge in [-0.05, 0) is 18.8 Å². The van der Waals surface area contributed by atoms with Gasteiger partial charge in [-0.15, -0.1) is 0 Å². The van der Waals surface area contributed by atoms with Crippen molar-refractivity contribution in [3.8, 4) is 0 Å². The smallest absolute Gasteiger partial charge is 0.133 e. The molecule has 0 aromatic carbocycles. The Balaban J connectivity index is 2.28. The van der Waals surface area contributed by atoms with Gasteiger partial charge in [0.15, 0.2) is 0 Å². The van der Waals surface area contributed by atoms with Crippen molar-refractivity contribution in [1.82, 2.24) is 9.97 Å². The summed E-state index contributed by atoms with van der Waals surface area (Å²) in [7, 11) is 0. The number of anilines is 2. The molecule has 0 amide bonds. The van der Waals surface area contributed by atoms with Gasteiger partial charge >= 0.3 is 0 Å². The van der Waals surface area contributed by atoms with Crippen LogP contribution in [0.4, 0.5) is 11.6 Å². The highest BCUT2D eigenvalue weighted by atomic mass is 16.5. The lowest BCUT2D eigenvalue weighted by molar-refractivity contribution is 0.110. The number of hydrogen-bond donors (Lipinski definition) is 2. The van der Waals surface area contributed by atoms with Crippen LogP contribution in [-0.4, -0.2) is 29.7 Å². The van der Waals surface area contributed by atoms with Gasteiger partial charge in [0.05, 0.1) is 0 Å². The van der Waals surface area contributed by atoms with E-state index in [1.165, 1.54) is 0 Å². The van der Waals surface area contributed by atoms with Gasteiger partial charge in [-0.25, -0.2) is 9.97 Å². The fourth-order valence-corrected chi connectivity index (χ4v) is 1.65. The molecule has 0 aliphatic heterocycles. The standard InChI is InChI=1S/C14H26N4O/c1-4-6-13-17-12(15)9-14(18-13)16-7-5-8-19-10-11(2)3/h9,11H,4-8,10H2,1-3H3,(H3,15,16,17,18). The SMILES string of the molecule is CCCc1nc(N)cc(NCCCOCC(C)C)n1. The number of aromatic nitrogens is 2. The third-order valence-corrected chi connectivity index (χ3v) is 2.49. The van der Waals surface area contributed by atoms with Crippen molar-refractivity contribution in [1.29, 1.82) is 0 Å². The predicted molar refractivity (Wildman–Crippen MR) is 79.2 cm³/mol. The zero-order valence-corrected chi connectivity index (χ0v) is 12.3. The molecule has 0 aliphatic rings. The fraction of sp³-hybridized carbons (Fsp3) is 0.714. The van der Waals surface area contributed by atoms with Crippen molar-refractivity contribution in [3.05, 3.63) is 11.9 Å². The van der Waals surface area contributed by atoms with Crippen LogP contribution >= 0.6 is 0 Å². The molecule has 1 rings (SSSR count). The number of hydrogen-bond acceptors (Lipinski definition) is 5. The largest absolute Gasteiger partial charge is 0.384 e. The van der Waals surface area contributed by atoms with E-state index >= 15 is 0 Å². The summed E-state index contributed by atoms with van der Waals surface area (Å²) in [5.74, 6) is 2.73. The maximum absolute atomic E-state index is 5.76. The number of aryl methyl sites for hydroxylation is 1. The Bertz CT molecular complexity index is 368. The van der Waals surface area contributed by atoms with Gasteiger partial charge in [0.1, 0.15) is 17.5 Å². The van der Waals surface area contributed by atoms with Gasteiger partial charge in [-0.3, -0.25) is 0 Å². The van der Waals surface area contributed by atoms with Crippen LogP contribution in [0.1, 0.15) is 39.4 Å². The van der Waals surface area contributed by atoms with E-state index in [2.05, 4.69) is 36.1 Å². The first-order chi connectivity index (χ1) is 9.11. The molecule has 0 atom stereocenters. The summed E-state index contributed by atoms with van der Waals surface area (Å²) in [4.78, 5) is 8.63. The molecule has 0 fully saturated rings. The summed E-state index contributed by atoms with van der Waals surface area (Å²) < 4.78 is 5.52. The second kappa shape index (κ2) is 8.69. The van der Waals surface area contributed by atoms with Gasteiger partial charge < -0.3 is 15.8 Å². The van der Waals surface area contributed by atoms with Crippen LogP contribution in [0.15, 0.2) is 6.07 Å². The van der Waals surface area contributed by atoms with Crippen molar-refractivity contribution in [2.45, 2.75) is 40.0 Å². The van der Waals surface area contributed by atoms with Crippen molar-refractivity contribution in [3.63, 3.8) is 0 Å². The van der Waals surface area contributed by atoms with E-state index in [9.17, 15) is 0 Å². The molecule has 3 N–H and O–H groups in total. The molecule has 5 heteroatoms. The van der Waals surface area contributed by atoms with E-state index in [0.29, 0.717) is 11.7 Å². The number of nitrogen functional groups attached to an aromatic ring is 1. The lowest BCUT2D eigenvalue weighted by Crippen LogP contribution is -2.11. The fourth-order valence-electron chi connectivity index (χ4n) is 1.65. The molecule has 0 spiro atoms. The lowest BCUT2D eigenvalue weighted by atomic mass is 10.2. The van der Waals surface area contributed by atoms with Gasteiger partial charge in [0.2, 0.25) is 0 Å². The molecule has 0 saturated heterocycles. The highest BCUT2D eigenvalue weighted by Crippen LogP contribution is 2.09. The minimum Gasteiger partial charge on any atom is -0.384 e. The van der Waals surface area contributed by atoms with Crippen molar-refractivity contribution in [2.24, 2.45) is 5.92 Å². The second-order valence-corrected chi connectivity index (χ2v) is 5.09. The summed E-state index contributed by atoms with van der Waals surface area (Å²) in [6.45, 7) is 8.83. The number of nitrogens with two attached hydrogens (primary N) is 1.